The number of nitrogens with zero attached hydrogens (tertiary/aromatic N) is 4. The second kappa shape index (κ2) is 2.95. The van der Waals surface area contributed by atoms with Crippen molar-refractivity contribution in [3.8, 4) is 0 Å². The zero-order valence-electron chi connectivity index (χ0n) is 8.80. The molecule has 1 aromatic heterocycles. The third-order valence-corrected chi connectivity index (χ3v) is 2.91. The second-order valence-corrected chi connectivity index (χ2v) is 4.60. The molecule has 0 saturated carbocycles. The first kappa shape index (κ1) is 9.45. The molecular weight excluding hydrogens is 180 g/mol. The Balaban J connectivity index is 2.21. The molecule has 0 radical (unpaired) electrons. The number of hydrogen-bond donors (Lipinski definition) is 1. The molecule has 1 aromatic rings. The lowest BCUT2D eigenvalue weighted by molar-refractivity contribution is 0.0964. The van der Waals surface area contributed by atoms with Gasteiger partial charge in [-0.2, -0.15) is 0 Å². The Kier molecular flexibility index (Phi) is 1.99. The number of hydrogen-bond acceptors (Lipinski definition) is 4. The highest BCUT2D eigenvalue weighted by Crippen LogP contribution is 2.32. The number of anilines is 1. The molecule has 0 bridgehead atoms. The number of aliphatic hydroxyl groups excluding tert-OH is 1. The van der Waals surface area contributed by atoms with Crippen molar-refractivity contribution in [2.75, 3.05) is 18.0 Å². The van der Waals surface area contributed by atoms with Crippen molar-refractivity contribution in [2.45, 2.75) is 20.0 Å². The summed E-state index contributed by atoms with van der Waals surface area (Å²) < 4.78 is 1.73. The van der Waals surface area contributed by atoms with Crippen LogP contribution in [0.2, 0.25) is 0 Å². The van der Waals surface area contributed by atoms with Crippen LogP contribution in [0.15, 0.2) is 6.20 Å². The van der Waals surface area contributed by atoms with E-state index >= 15 is 0 Å². The fourth-order valence-corrected chi connectivity index (χ4v) is 1.86. The van der Waals surface area contributed by atoms with Crippen LogP contribution in [0.5, 0.6) is 0 Å². The minimum atomic E-state index is -0.280. The van der Waals surface area contributed by atoms with Gasteiger partial charge in [0, 0.05) is 25.6 Å². The molecule has 5 nitrogen and oxygen atoms in total. The van der Waals surface area contributed by atoms with Crippen LogP contribution in [0, 0.1) is 5.41 Å². The molecule has 5 heteroatoms. The van der Waals surface area contributed by atoms with Crippen LogP contribution in [0.4, 0.5) is 5.82 Å². The molecule has 1 saturated heterocycles. The summed E-state index contributed by atoms with van der Waals surface area (Å²) in [4.78, 5) is 2.12. The number of rotatable bonds is 1. The highest BCUT2D eigenvalue weighted by atomic mass is 16.3. The molecule has 0 spiro atoms. The topological polar surface area (TPSA) is 54.2 Å². The van der Waals surface area contributed by atoms with Gasteiger partial charge in [-0.25, -0.2) is 4.68 Å². The van der Waals surface area contributed by atoms with E-state index in [1.165, 1.54) is 0 Å². The number of β-amino-alcohol motifs (C(OH)–C–C–N with tert-alkyl or cyclic N) is 1. The molecule has 1 N–H and O–H groups in total. The van der Waals surface area contributed by atoms with E-state index in [2.05, 4.69) is 29.1 Å². The lowest BCUT2D eigenvalue weighted by Crippen LogP contribution is -2.26. The van der Waals surface area contributed by atoms with Gasteiger partial charge in [-0.1, -0.05) is 19.1 Å². The lowest BCUT2D eigenvalue weighted by Gasteiger charge is -2.21. The Morgan fingerprint density at radius 2 is 2.29 bits per heavy atom. The molecule has 14 heavy (non-hydrogen) atoms. The molecule has 0 aromatic carbocycles. The standard InChI is InChI=1S/C9H16N4O/c1-9(2)6-13(5-7(9)14)8-4-10-11-12(8)3/h4,7,14H,5-6H2,1-3H3. The van der Waals surface area contributed by atoms with E-state index in [9.17, 15) is 5.11 Å². The zero-order valence-corrected chi connectivity index (χ0v) is 8.80. The average molecular weight is 196 g/mol. The Bertz CT molecular complexity index is 333. The fourth-order valence-electron chi connectivity index (χ4n) is 1.86. The number of aryl methyl sites for hydroxylation is 1. The van der Waals surface area contributed by atoms with Gasteiger partial charge >= 0.3 is 0 Å². The quantitative estimate of drug-likeness (QED) is 0.688. The molecule has 2 rings (SSSR count). The van der Waals surface area contributed by atoms with Crippen LogP contribution in [0.1, 0.15) is 13.8 Å². The van der Waals surface area contributed by atoms with Crippen molar-refractivity contribution in [3.63, 3.8) is 0 Å². The first-order valence-corrected chi connectivity index (χ1v) is 4.78. The lowest BCUT2D eigenvalue weighted by atomic mass is 9.90. The van der Waals surface area contributed by atoms with Crippen molar-refractivity contribution >= 4 is 5.82 Å². The van der Waals surface area contributed by atoms with Crippen molar-refractivity contribution < 1.29 is 5.11 Å². The Labute approximate surface area is 83.3 Å². The molecule has 0 aliphatic carbocycles. The van der Waals surface area contributed by atoms with E-state index in [0.717, 1.165) is 12.4 Å². The summed E-state index contributed by atoms with van der Waals surface area (Å²) in [5, 5.41) is 17.5. The normalized spacial score (nSPS) is 25.7. The third-order valence-electron chi connectivity index (χ3n) is 2.91. The predicted molar refractivity (Wildman–Crippen MR) is 53.0 cm³/mol. The van der Waals surface area contributed by atoms with Gasteiger partial charge in [-0.15, -0.1) is 5.10 Å². The van der Waals surface area contributed by atoms with E-state index in [4.69, 9.17) is 0 Å². The average Bonchev–Trinajstić information content (AvgIpc) is 2.58. The monoisotopic (exact) mass is 196 g/mol. The van der Waals surface area contributed by atoms with Gasteiger partial charge in [0.1, 0.15) is 5.82 Å². The Hall–Kier alpha value is -1.10. The van der Waals surface area contributed by atoms with Crippen LogP contribution in [-0.4, -0.2) is 39.3 Å². The first-order chi connectivity index (χ1) is 6.50. The minimum Gasteiger partial charge on any atom is -0.391 e. The van der Waals surface area contributed by atoms with Crippen LogP contribution < -0.4 is 4.90 Å². The van der Waals surface area contributed by atoms with Gasteiger partial charge in [0.15, 0.2) is 0 Å². The summed E-state index contributed by atoms with van der Waals surface area (Å²) in [5.74, 6) is 0.967. The molecule has 0 amide bonds. The van der Waals surface area contributed by atoms with Gasteiger partial charge in [0.05, 0.1) is 12.3 Å². The van der Waals surface area contributed by atoms with Gasteiger partial charge in [-0.05, 0) is 0 Å². The van der Waals surface area contributed by atoms with Crippen molar-refractivity contribution in [2.24, 2.45) is 12.5 Å². The molecule has 1 aliphatic rings. The van der Waals surface area contributed by atoms with Crippen molar-refractivity contribution in [1.29, 1.82) is 0 Å². The van der Waals surface area contributed by atoms with Gasteiger partial charge in [-0.3, -0.25) is 0 Å². The van der Waals surface area contributed by atoms with Crippen LogP contribution in [0.3, 0.4) is 0 Å². The molecule has 1 unspecified atom stereocenters. The van der Waals surface area contributed by atoms with Gasteiger partial charge < -0.3 is 10.0 Å². The summed E-state index contributed by atoms with van der Waals surface area (Å²) in [5.41, 5.74) is -0.0513. The van der Waals surface area contributed by atoms with E-state index in [1.807, 2.05) is 7.05 Å². The number of aromatic nitrogens is 3. The van der Waals surface area contributed by atoms with E-state index < -0.39 is 0 Å². The molecule has 1 aliphatic heterocycles. The third kappa shape index (κ3) is 1.37. The summed E-state index contributed by atoms with van der Waals surface area (Å²) in [7, 11) is 1.86. The molecule has 78 valence electrons. The molecule has 2 heterocycles. The molecule has 1 atom stereocenters. The van der Waals surface area contributed by atoms with E-state index in [0.29, 0.717) is 6.54 Å². The Morgan fingerprint density at radius 3 is 2.71 bits per heavy atom. The summed E-state index contributed by atoms with van der Waals surface area (Å²) in [6.07, 6.45) is 1.45. The Morgan fingerprint density at radius 1 is 1.57 bits per heavy atom. The maximum absolute atomic E-state index is 9.83. The van der Waals surface area contributed by atoms with Crippen LogP contribution >= 0.6 is 0 Å². The fraction of sp³-hybridized carbons (Fsp3) is 0.778. The predicted octanol–water partition coefficient (Wildman–Crippen LogP) is 0.0222. The smallest absolute Gasteiger partial charge is 0.147 e. The highest BCUT2D eigenvalue weighted by Gasteiger charge is 2.39. The first-order valence-electron chi connectivity index (χ1n) is 4.78. The van der Waals surface area contributed by atoms with Gasteiger partial charge in [0.25, 0.3) is 0 Å². The summed E-state index contributed by atoms with van der Waals surface area (Å²) in [6, 6.07) is 0. The summed E-state index contributed by atoms with van der Waals surface area (Å²) in [6.45, 7) is 5.65. The maximum Gasteiger partial charge on any atom is 0.147 e. The molecular formula is C9H16N4O. The number of aliphatic hydroxyl groups is 1. The minimum absolute atomic E-state index is 0.0513. The highest BCUT2D eigenvalue weighted by molar-refractivity contribution is 5.38. The maximum atomic E-state index is 9.83. The van der Waals surface area contributed by atoms with Crippen molar-refractivity contribution in [3.05, 3.63) is 6.20 Å². The van der Waals surface area contributed by atoms with Crippen LogP contribution in [-0.2, 0) is 7.05 Å². The van der Waals surface area contributed by atoms with Gasteiger partial charge in [0.2, 0.25) is 0 Å². The summed E-state index contributed by atoms with van der Waals surface area (Å²) >= 11 is 0. The van der Waals surface area contributed by atoms with E-state index in [1.54, 1.807) is 10.9 Å². The van der Waals surface area contributed by atoms with E-state index in [-0.39, 0.29) is 11.5 Å². The SMILES string of the molecule is Cn1nncc1N1CC(O)C(C)(C)C1. The zero-order chi connectivity index (χ0) is 10.3. The van der Waals surface area contributed by atoms with Crippen molar-refractivity contribution in [1.82, 2.24) is 15.0 Å². The second-order valence-electron chi connectivity index (χ2n) is 4.60. The largest absolute Gasteiger partial charge is 0.391 e. The molecule has 1 fully saturated rings. The van der Waals surface area contributed by atoms with Crippen LogP contribution in [0.25, 0.3) is 0 Å².